The lowest BCUT2D eigenvalue weighted by Crippen LogP contribution is -2.30. The molecule has 1 fully saturated rings. The molecule has 22 heavy (non-hydrogen) atoms. The van der Waals surface area contributed by atoms with Crippen LogP contribution < -0.4 is 5.32 Å². The van der Waals surface area contributed by atoms with E-state index in [9.17, 15) is 9.59 Å². The van der Waals surface area contributed by atoms with E-state index in [1.807, 2.05) is 30.3 Å². The highest BCUT2D eigenvalue weighted by Gasteiger charge is 2.42. The Balaban J connectivity index is 1.84. The van der Waals surface area contributed by atoms with Crippen molar-refractivity contribution in [3.05, 3.63) is 60.4 Å². The van der Waals surface area contributed by atoms with Gasteiger partial charge < -0.3 is 10.2 Å². The summed E-state index contributed by atoms with van der Waals surface area (Å²) < 4.78 is 0. The zero-order valence-corrected chi connectivity index (χ0v) is 12.3. The normalized spacial score (nSPS) is 21.0. The van der Waals surface area contributed by atoms with Crippen molar-refractivity contribution >= 4 is 17.5 Å². The van der Waals surface area contributed by atoms with E-state index in [0.717, 1.165) is 5.56 Å². The summed E-state index contributed by atoms with van der Waals surface area (Å²) in [5.41, 5.74) is 1.67. The van der Waals surface area contributed by atoms with Crippen LogP contribution in [0.3, 0.4) is 0 Å². The van der Waals surface area contributed by atoms with Crippen molar-refractivity contribution in [1.82, 2.24) is 9.88 Å². The van der Waals surface area contributed by atoms with E-state index in [4.69, 9.17) is 0 Å². The van der Waals surface area contributed by atoms with Gasteiger partial charge in [0.2, 0.25) is 11.8 Å². The highest BCUT2D eigenvalue weighted by molar-refractivity contribution is 5.97. The Morgan fingerprint density at radius 2 is 1.86 bits per heavy atom. The van der Waals surface area contributed by atoms with Crippen LogP contribution in [-0.2, 0) is 9.59 Å². The van der Waals surface area contributed by atoms with E-state index < -0.39 is 5.92 Å². The standard InChI is InChI=1S/C17H17N3O2/c1-20-15(21)11-14(16(20)12-5-3-2-4-6-12)17(22)19-13-7-9-18-10-8-13/h2-10,14,16H,11H2,1H3,(H,18,19,22)/t14-,16+/m1/s1. The lowest BCUT2D eigenvalue weighted by Gasteiger charge is -2.24. The second-order valence-corrected chi connectivity index (χ2v) is 5.40. The predicted octanol–water partition coefficient (Wildman–Crippen LogP) is 2.24. The lowest BCUT2D eigenvalue weighted by atomic mass is 9.93. The van der Waals surface area contributed by atoms with E-state index in [2.05, 4.69) is 10.3 Å². The van der Waals surface area contributed by atoms with Gasteiger partial charge in [-0.1, -0.05) is 30.3 Å². The summed E-state index contributed by atoms with van der Waals surface area (Å²) in [4.78, 5) is 30.2. The third-order valence-corrected chi connectivity index (χ3v) is 4.01. The van der Waals surface area contributed by atoms with Crippen LogP contribution >= 0.6 is 0 Å². The number of anilines is 1. The fourth-order valence-electron chi connectivity index (χ4n) is 2.88. The zero-order chi connectivity index (χ0) is 15.5. The van der Waals surface area contributed by atoms with E-state index in [-0.39, 0.29) is 24.3 Å². The number of aromatic nitrogens is 1. The number of carbonyl (C=O) groups is 2. The number of hydrogen-bond donors (Lipinski definition) is 1. The predicted molar refractivity (Wildman–Crippen MR) is 82.9 cm³/mol. The van der Waals surface area contributed by atoms with Gasteiger partial charge in [-0.3, -0.25) is 14.6 Å². The summed E-state index contributed by atoms with van der Waals surface area (Å²) in [5.74, 6) is -0.547. The van der Waals surface area contributed by atoms with Crippen LogP contribution in [0, 0.1) is 5.92 Å². The lowest BCUT2D eigenvalue weighted by molar-refractivity contribution is -0.127. The number of amides is 2. The fourth-order valence-corrected chi connectivity index (χ4v) is 2.88. The molecule has 1 aromatic heterocycles. The Labute approximate surface area is 129 Å². The molecular formula is C17H17N3O2. The first-order chi connectivity index (χ1) is 10.7. The van der Waals surface area contributed by atoms with Crippen LogP contribution in [0.2, 0.25) is 0 Å². The fraction of sp³-hybridized carbons (Fsp3) is 0.235. The SMILES string of the molecule is CN1C(=O)C[C@@H](C(=O)Nc2ccncc2)[C@@H]1c1ccccc1. The van der Waals surface area contributed by atoms with Gasteiger partial charge in [-0.05, 0) is 17.7 Å². The molecule has 112 valence electrons. The van der Waals surface area contributed by atoms with Crippen LogP contribution in [0.15, 0.2) is 54.9 Å². The molecular weight excluding hydrogens is 278 g/mol. The Kier molecular flexibility index (Phi) is 3.87. The minimum atomic E-state index is -0.395. The van der Waals surface area contributed by atoms with E-state index in [1.165, 1.54) is 0 Å². The number of pyridine rings is 1. The average Bonchev–Trinajstić information content (AvgIpc) is 2.85. The quantitative estimate of drug-likeness (QED) is 0.944. The highest BCUT2D eigenvalue weighted by Crippen LogP contribution is 2.37. The van der Waals surface area contributed by atoms with Crippen molar-refractivity contribution in [2.75, 3.05) is 12.4 Å². The summed E-state index contributed by atoms with van der Waals surface area (Å²) in [7, 11) is 1.75. The number of likely N-dealkylation sites (tertiary alicyclic amines) is 1. The van der Waals surface area contributed by atoms with E-state index in [0.29, 0.717) is 5.69 Å². The second kappa shape index (κ2) is 5.97. The molecule has 0 saturated carbocycles. The van der Waals surface area contributed by atoms with Crippen molar-refractivity contribution in [3.63, 3.8) is 0 Å². The highest BCUT2D eigenvalue weighted by atomic mass is 16.2. The number of nitrogens with zero attached hydrogens (tertiary/aromatic N) is 2. The first kappa shape index (κ1) is 14.3. The van der Waals surface area contributed by atoms with Crippen molar-refractivity contribution in [1.29, 1.82) is 0 Å². The molecule has 1 aliphatic rings. The van der Waals surface area contributed by atoms with Gasteiger partial charge in [0.1, 0.15) is 0 Å². The Morgan fingerprint density at radius 3 is 2.55 bits per heavy atom. The first-order valence-electron chi connectivity index (χ1n) is 7.18. The smallest absolute Gasteiger partial charge is 0.230 e. The summed E-state index contributed by atoms with van der Waals surface area (Å²) >= 11 is 0. The van der Waals surface area contributed by atoms with Gasteiger partial charge in [-0.25, -0.2) is 0 Å². The monoisotopic (exact) mass is 295 g/mol. The van der Waals surface area contributed by atoms with Gasteiger partial charge in [0, 0.05) is 31.5 Å². The first-order valence-corrected chi connectivity index (χ1v) is 7.18. The van der Waals surface area contributed by atoms with Crippen molar-refractivity contribution < 1.29 is 9.59 Å². The minimum absolute atomic E-state index is 0.0104. The molecule has 5 heteroatoms. The van der Waals surface area contributed by atoms with Gasteiger partial charge in [0.15, 0.2) is 0 Å². The third-order valence-electron chi connectivity index (χ3n) is 4.01. The van der Waals surface area contributed by atoms with E-state index >= 15 is 0 Å². The van der Waals surface area contributed by atoms with Gasteiger partial charge in [-0.2, -0.15) is 0 Å². The number of hydrogen-bond acceptors (Lipinski definition) is 3. The molecule has 2 heterocycles. The maximum absolute atomic E-state index is 12.6. The van der Waals surface area contributed by atoms with Gasteiger partial charge in [0.25, 0.3) is 0 Å². The summed E-state index contributed by atoms with van der Waals surface area (Å²) in [6.45, 7) is 0. The molecule has 2 amide bonds. The maximum atomic E-state index is 12.6. The van der Waals surface area contributed by atoms with E-state index in [1.54, 1.807) is 36.5 Å². The summed E-state index contributed by atoms with van der Waals surface area (Å²) in [5, 5.41) is 2.87. The molecule has 5 nitrogen and oxygen atoms in total. The maximum Gasteiger partial charge on any atom is 0.230 e. The van der Waals surface area contributed by atoms with Crippen molar-refractivity contribution in [2.24, 2.45) is 5.92 Å². The molecule has 0 bridgehead atoms. The molecule has 0 unspecified atom stereocenters. The largest absolute Gasteiger partial charge is 0.338 e. The van der Waals surface area contributed by atoms with Crippen LogP contribution in [0.5, 0.6) is 0 Å². The number of nitrogens with one attached hydrogen (secondary N) is 1. The van der Waals surface area contributed by atoms with Gasteiger partial charge in [0.05, 0.1) is 12.0 Å². The third kappa shape index (κ3) is 2.70. The van der Waals surface area contributed by atoms with Crippen molar-refractivity contribution in [2.45, 2.75) is 12.5 Å². The average molecular weight is 295 g/mol. The molecule has 3 rings (SSSR count). The molecule has 0 spiro atoms. The Hall–Kier alpha value is -2.69. The van der Waals surface area contributed by atoms with Crippen LogP contribution in [0.1, 0.15) is 18.0 Å². The van der Waals surface area contributed by atoms with Gasteiger partial charge >= 0.3 is 0 Å². The number of carbonyl (C=O) groups excluding carboxylic acids is 2. The molecule has 0 aliphatic carbocycles. The Bertz CT molecular complexity index is 673. The molecule has 1 N–H and O–H groups in total. The summed E-state index contributed by atoms with van der Waals surface area (Å²) in [6, 6.07) is 12.9. The number of rotatable bonds is 3. The molecule has 1 saturated heterocycles. The topological polar surface area (TPSA) is 62.3 Å². The van der Waals surface area contributed by atoms with Crippen molar-refractivity contribution in [3.8, 4) is 0 Å². The zero-order valence-electron chi connectivity index (χ0n) is 12.3. The van der Waals surface area contributed by atoms with Crippen LogP contribution in [-0.4, -0.2) is 28.7 Å². The molecule has 1 aromatic carbocycles. The second-order valence-electron chi connectivity index (χ2n) is 5.40. The minimum Gasteiger partial charge on any atom is -0.338 e. The Morgan fingerprint density at radius 1 is 1.18 bits per heavy atom. The number of benzene rings is 1. The van der Waals surface area contributed by atoms with Crippen LogP contribution in [0.4, 0.5) is 5.69 Å². The van der Waals surface area contributed by atoms with Crippen LogP contribution in [0.25, 0.3) is 0 Å². The molecule has 2 atom stereocenters. The molecule has 0 radical (unpaired) electrons. The molecule has 2 aromatic rings. The summed E-state index contributed by atoms with van der Waals surface area (Å²) in [6.07, 6.45) is 3.47. The molecule has 1 aliphatic heterocycles. The van der Waals surface area contributed by atoms with Gasteiger partial charge in [-0.15, -0.1) is 0 Å².